The molecule has 0 spiro atoms. The van der Waals surface area contributed by atoms with Crippen molar-refractivity contribution in [1.29, 1.82) is 0 Å². The predicted molar refractivity (Wildman–Crippen MR) is 120 cm³/mol. The Morgan fingerprint density at radius 2 is 1.84 bits per heavy atom. The minimum absolute atomic E-state index is 0.00586. The van der Waals surface area contributed by atoms with Gasteiger partial charge in [0.15, 0.2) is 0 Å². The lowest BCUT2D eigenvalue weighted by Crippen LogP contribution is -2.41. The van der Waals surface area contributed by atoms with E-state index in [1.807, 2.05) is 19.1 Å². The fourth-order valence-corrected chi connectivity index (χ4v) is 3.97. The maximum Gasteiger partial charge on any atom is 0.223 e. The van der Waals surface area contributed by atoms with Crippen molar-refractivity contribution in [2.75, 3.05) is 18.0 Å². The highest BCUT2D eigenvalue weighted by molar-refractivity contribution is 5.79. The standard InChI is InChI=1S/C25H27FN4O/c1-17-6-8-19(9-7-17)18(2)29-25(31)20-10-12-30(13-11-20)24-15-23(27-16-28-24)21-4-3-5-22(26)14-21/h3-9,14-16,18,20H,10-13H2,1-2H3,(H,29,31). The van der Waals surface area contributed by atoms with Gasteiger partial charge in [0.25, 0.3) is 0 Å². The Bertz CT molecular complexity index is 1050. The summed E-state index contributed by atoms with van der Waals surface area (Å²) >= 11 is 0. The van der Waals surface area contributed by atoms with Gasteiger partial charge in [0.05, 0.1) is 11.7 Å². The molecule has 0 radical (unpaired) electrons. The molecule has 1 N–H and O–H groups in total. The summed E-state index contributed by atoms with van der Waals surface area (Å²) in [6.07, 6.45) is 3.05. The van der Waals surface area contributed by atoms with E-state index in [0.717, 1.165) is 42.9 Å². The molecular weight excluding hydrogens is 391 g/mol. The number of hydrogen-bond acceptors (Lipinski definition) is 4. The summed E-state index contributed by atoms with van der Waals surface area (Å²) in [7, 11) is 0. The third-order valence-corrected chi connectivity index (χ3v) is 5.90. The minimum atomic E-state index is -0.288. The van der Waals surface area contributed by atoms with Gasteiger partial charge in [-0.3, -0.25) is 4.79 Å². The predicted octanol–water partition coefficient (Wildman–Crippen LogP) is 4.68. The molecule has 0 saturated carbocycles. The van der Waals surface area contributed by atoms with E-state index in [-0.39, 0.29) is 23.7 Å². The van der Waals surface area contributed by atoms with Gasteiger partial charge >= 0.3 is 0 Å². The highest BCUT2D eigenvalue weighted by Crippen LogP contribution is 2.26. The van der Waals surface area contributed by atoms with Crippen LogP contribution in [0.4, 0.5) is 10.2 Å². The molecule has 2 heterocycles. The van der Waals surface area contributed by atoms with E-state index in [1.54, 1.807) is 6.07 Å². The molecule has 0 bridgehead atoms. The van der Waals surface area contributed by atoms with Crippen LogP contribution < -0.4 is 10.2 Å². The Labute approximate surface area is 182 Å². The monoisotopic (exact) mass is 418 g/mol. The number of benzene rings is 2. The fraction of sp³-hybridized carbons (Fsp3) is 0.320. The van der Waals surface area contributed by atoms with Gasteiger partial charge in [0, 0.05) is 30.6 Å². The topological polar surface area (TPSA) is 58.1 Å². The molecule has 1 unspecified atom stereocenters. The van der Waals surface area contributed by atoms with E-state index in [2.05, 4.69) is 51.4 Å². The van der Waals surface area contributed by atoms with Gasteiger partial charge in [-0.1, -0.05) is 42.0 Å². The zero-order chi connectivity index (χ0) is 21.8. The van der Waals surface area contributed by atoms with Crippen LogP contribution in [0.3, 0.4) is 0 Å². The third-order valence-electron chi connectivity index (χ3n) is 5.90. The normalized spacial score (nSPS) is 15.5. The molecule has 1 aromatic heterocycles. The van der Waals surface area contributed by atoms with Gasteiger partial charge < -0.3 is 10.2 Å². The molecule has 0 aliphatic carbocycles. The van der Waals surface area contributed by atoms with E-state index in [0.29, 0.717) is 5.69 Å². The van der Waals surface area contributed by atoms with Crippen LogP contribution in [0.5, 0.6) is 0 Å². The van der Waals surface area contributed by atoms with Crippen LogP contribution in [-0.2, 0) is 4.79 Å². The van der Waals surface area contributed by atoms with Crippen molar-refractivity contribution in [2.45, 2.75) is 32.7 Å². The summed E-state index contributed by atoms with van der Waals surface area (Å²) in [5.74, 6) is 0.620. The Morgan fingerprint density at radius 3 is 2.55 bits per heavy atom. The molecule has 6 heteroatoms. The molecular formula is C25H27FN4O. The number of halogens is 1. The number of anilines is 1. The molecule has 4 rings (SSSR count). The van der Waals surface area contributed by atoms with Crippen molar-refractivity contribution in [2.24, 2.45) is 5.92 Å². The second kappa shape index (κ2) is 9.25. The van der Waals surface area contributed by atoms with Gasteiger partial charge in [-0.25, -0.2) is 14.4 Å². The summed E-state index contributed by atoms with van der Waals surface area (Å²) in [6, 6.07) is 16.5. The van der Waals surface area contributed by atoms with Crippen LogP contribution in [0.2, 0.25) is 0 Å². The zero-order valence-corrected chi connectivity index (χ0v) is 17.9. The smallest absolute Gasteiger partial charge is 0.223 e. The van der Waals surface area contributed by atoms with Gasteiger partial charge in [-0.05, 0) is 44.4 Å². The Morgan fingerprint density at radius 1 is 1.10 bits per heavy atom. The van der Waals surface area contributed by atoms with Crippen molar-refractivity contribution in [1.82, 2.24) is 15.3 Å². The number of rotatable bonds is 5. The van der Waals surface area contributed by atoms with Crippen molar-refractivity contribution in [3.8, 4) is 11.3 Å². The number of carbonyl (C=O) groups is 1. The highest BCUT2D eigenvalue weighted by Gasteiger charge is 2.26. The quantitative estimate of drug-likeness (QED) is 0.653. The fourth-order valence-electron chi connectivity index (χ4n) is 3.97. The molecule has 1 aliphatic rings. The van der Waals surface area contributed by atoms with Gasteiger partial charge in [0.1, 0.15) is 18.0 Å². The third kappa shape index (κ3) is 5.08. The molecule has 160 valence electrons. The minimum Gasteiger partial charge on any atom is -0.356 e. The summed E-state index contributed by atoms with van der Waals surface area (Å²) < 4.78 is 13.6. The second-order valence-corrected chi connectivity index (χ2v) is 8.17. The molecule has 3 aromatic rings. The molecule has 1 amide bonds. The van der Waals surface area contributed by atoms with Crippen molar-refractivity contribution in [3.05, 3.63) is 77.9 Å². The SMILES string of the molecule is Cc1ccc(C(C)NC(=O)C2CCN(c3cc(-c4cccc(F)c4)ncn3)CC2)cc1. The number of piperidine rings is 1. The Balaban J connectivity index is 1.36. The van der Waals surface area contributed by atoms with Crippen molar-refractivity contribution >= 4 is 11.7 Å². The Kier molecular flexibility index (Phi) is 6.26. The maximum absolute atomic E-state index is 13.6. The lowest BCUT2D eigenvalue weighted by Gasteiger charge is -2.32. The Hall–Kier alpha value is -3.28. The van der Waals surface area contributed by atoms with Gasteiger partial charge in [0.2, 0.25) is 5.91 Å². The van der Waals surface area contributed by atoms with Crippen LogP contribution in [0.15, 0.2) is 60.9 Å². The van der Waals surface area contributed by atoms with E-state index in [1.165, 1.54) is 24.0 Å². The zero-order valence-electron chi connectivity index (χ0n) is 17.9. The maximum atomic E-state index is 13.6. The first kappa shape index (κ1) is 21.0. The number of aromatic nitrogens is 2. The number of aryl methyl sites for hydroxylation is 1. The largest absolute Gasteiger partial charge is 0.356 e. The summed E-state index contributed by atoms with van der Waals surface area (Å²) in [4.78, 5) is 23.6. The average molecular weight is 419 g/mol. The number of nitrogens with zero attached hydrogens (tertiary/aromatic N) is 3. The van der Waals surface area contributed by atoms with Crippen LogP contribution in [-0.4, -0.2) is 29.0 Å². The first-order chi connectivity index (χ1) is 15.0. The number of nitrogens with one attached hydrogen (secondary N) is 1. The van der Waals surface area contributed by atoms with Crippen molar-refractivity contribution in [3.63, 3.8) is 0 Å². The molecule has 31 heavy (non-hydrogen) atoms. The lowest BCUT2D eigenvalue weighted by atomic mass is 9.95. The van der Waals surface area contributed by atoms with E-state index in [4.69, 9.17) is 0 Å². The lowest BCUT2D eigenvalue weighted by molar-refractivity contribution is -0.126. The molecule has 1 saturated heterocycles. The molecule has 1 fully saturated rings. The molecule has 5 nitrogen and oxygen atoms in total. The van der Waals surface area contributed by atoms with Crippen LogP contribution in [0.25, 0.3) is 11.3 Å². The van der Waals surface area contributed by atoms with Crippen molar-refractivity contribution < 1.29 is 9.18 Å². The molecule has 1 aliphatic heterocycles. The average Bonchev–Trinajstić information content (AvgIpc) is 2.79. The highest BCUT2D eigenvalue weighted by atomic mass is 19.1. The number of carbonyl (C=O) groups excluding carboxylic acids is 1. The van der Waals surface area contributed by atoms with Crippen LogP contribution in [0.1, 0.15) is 36.9 Å². The van der Waals surface area contributed by atoms with E-state index < -0.39 is 0 Å². The first-order valence-electron chi connectivity index (χ1n) is 10.7. The van der Waals surface area contributed by atoms with Crippen LogP contribution >= 0.6 is 0 Å². The van der Waals surface area contributed by atoms with Crippen LogP contribution in [0, 0.1) is 18.7 Å². The molecule has 2 aromatic carbocycles. The summed E-state index contributed by atoms with van der Waals surface area (Å²) in [5.41, 5.74) is 3.74. The van der Waals surface area contributed by atoms with E-state index >= 15 is 0 Å². The van der Waals surface area contributed by atoms with E-state index in [9.17, 15) is 9.18 Å². The summed E-state index contributed by atoms with van der Waals surface area (Å²) in [5, 5.41) is 3.16. The first-order valence-corrected chi connectivity index (χ1v) is 10.7. The molecule has 1 atom stereocenters. The number of amides is 1. The number of hydrogen-bond donors (Lipinski definition) is 1. The van der Waals surface area contributed by atoms with Gasteiger partial charge in [-0.15, -0.1) is 0 Å². The second-order valence-electron chi connectivity index (χ2n) is 8.17. The van der Waals surface area contributed by atoms with Gasteiger partial charge in [-0.2, -0.15) is 0 Å². The summed E-state index contributed by atoms with van der Waals surface area (Å²) in [6.45, 7) is 5.57.